The van der Waals surface area contributed by atoms with Crippen LogP contribution in [0.15, 0.2) is 91.0 Å². The third-order valence-electron chi connectivity index (χ3n) is 6.84. The first-order valence-corrected chi connectivity index (χ1v) is 13.3. The normalized spacial score (nSPS) is 13.1. The zero-order valence-corrected chi connectivity index (χ0v) is 22.8. The average molecular weight is 556 g/mol. The Balaban J connectivity index is 0.000000585. The van der Waals surface area contributed by atoms with Gasteiger partial charge in [-0.3, -0.25) is 9.69 Å². The number of hydrogen-bond acceptors (Lipinski definition) is 6. The van der Waals surface area contributed by atoms with Gasteiger partial charge in [-0.05, 0) is 46.2 Å². The number of carbonyl (C=O) groups excluding carboxylic acids is 1. The summed E-state index contributed by atoms with van der Waals surface area (Å²) in [7, 11) is 1.73. The van der Waals surface area contributed by atoms with Crippen molar-refractivity contribution in [2.75, 3.05) is 38.2 Å². The van der Waals surface area contributed by atoms with Gasteiger partial charge in [0.05, 0.1) is 12.8 Å². The number of carboxylic acids is 2. The number of piperazine rings is 1. The van der Waals surface area contributed by atoms with Crippen LogP contribution in [0.1, 0.15) is 21.5 Å². The number of nitrogens with zero attached hydrogens (tertiary/aromatic N) is 2. The first-order chi connectivity index (χ1) is 19.8. The highest BCUT2D eigenvalue weighted by Crippen LogP contribution is 2.28. The molecule has 1 fully saturated rings. The number of rotatable bonds is 7. The van der Waals surface area contributed by atoms with Gasteiger partial charge >= 0.3 is 11.9 Å². The van der Waals surface area contributed by atoms with E-state index in [2.05, 4.69) is 57.6 Å². The molecule has 0 bridgehead atoms. The van der Waals surface area contributed by atoms with E-state index in [1.807, 2.05) is 48.5 Å². The molecule has 212 valence electrons. The highest BCUT2D eigenvalue weighted by molar-refractivity contribution is 6.27. The number of benzene rings is 4. The first kappa shape index (κ1) is 29.1. The quantitative estimate of drug-likeness (QED) is 0.290. The Morgan fingerprint density at radius 1 is 0.756 bits per heavy atom. The van der Waals surface area contributed by atoms with Gasteiger partial charge in [-0.15, -0.1) is 0 Å². The fourth-order valence-electron chi connectivity index (χ4n) is 4.75. The standard InChI is InChI=1S/C30H31N3O2.C2H2O4/c1-35-29-12-5-4-11-28(29)33-17-15-32(16-18-33)22-24-8-6-7-23(19-24)21-31-30(34)27-14-13-25-9-2-3-10-26(25)20-27;3-1(4)2(5)6/h2-14,19-20H,15-18,21-22H2,1H3,(H,31,34);(H,3,4)(H,5,6). The van der Waals surface area contributed by atoms with Crippen LogP contribution in [0.2, 0.25) is 0 Å². The van der Waals surface area contributed by atoms with Crippen molar-refractivity contribution in [1.29, 1.82) is 0 Å². The molecule has 0 saturated carbocycles. The lowest BCUT2D eigenvalue weighted by Gasteiger charge is -2.36. The summed E-state index contributed by atoms with van der Waals surface area (Å²) in [6.45, 7) is 5.37. The van der Waals surface area contributed by atoms with E-state index in [1.54, 1.807) is 7.11 Å². The molecular formula is C32H33N3O6. The second kappa shape index (κ2) is 14.0. The molecule has 0 aliphatic carbocycles. The number of carbonyl (C=O) groups is 3. The van der Waals surface area contributed by atoms with E-state index in [-0.39, 0.29) is 5.91 Å². The van der Waals surface area contributed by atoms with Crippen molar-refractivity contribution in [3.63, 3.8) is 0 Å². The summed E-state index contributed by atoms with van der Waals surface area (Å²) >= 11 is 0. The van der Waals surface area contributed by atoms with Crippen LogP contribution in [0.5, 0.6) is 5.75 Å². The lowest BCUT2D eigenvalue weighted by molar-refractivity contribution is -0.159. The van der Waals surface area contributed by atoms with Crippen molar-refractivity contribution in [3.05, 3.63) is 108 Å². The molecule has 1 saturated heterocycles. The molecule has 0 spiro atoms. The number of anilines is 1. The minimum absolute atomic E-state index is 0.0476. The number of fused-ring (bicyclic) bond motifs is 1. The van der Waals surface area contributed by atoms with Crippen molar-refractivity contribution in [2.24, 2.45) is 0 Å². The van der Waals surface area contributed by atoms with Crippen molar-refractivity contribution in [1.82, 2.24) is 10.2 Å². The predicted molar refractivity (Wildman–Crippen MR) is 157 cm³/mol. The van der Waals surface area contributed by atoms with Gasteiger partial charge in [0.15, 0.2) is 0 Å². The van der Waals surface area contributed by atoms with E-state index < -0.39 is 11.9 Å². The minimum Gasteiger partial charge on any atom is -0.495 e. The number of amides is 1. The number of nitrogens with one attached hydrogen (secondary N) is 1. The third kappa shape index (κ3) is 8.06. The van der Waals surface area contributed by atoms with Gasteiger partial charge in [0, 0.05) is 44.8 Å². The van der Waals surface area contributed by atoms with Gasteiger partial charge < -0.3 is 25.2 Å². The Labute approximate surface area is 238 Å². The molecule has 4 aromatic carbocycles. The van der Waals surface area contributed by atoms with E-state index in [0.29, 0.717) is 12.1 Å². The van der Waals surface area contributed by atoms with Crippen LogP contribution in [0, 0.1) is 0 Å². The summed E-state index contributed by atoms with van der Waals surface area (Å²) in [5.74, 6) is -2.77. The van der Waals surface area contributed by atoms with Crippen molar-refractivity contribution in [3.8, 4) is 5.75 Å². The molecular weight excluding hydrogens is 522 g/mol. The van der Waals surface area contributed by atoms with Gasteiger partial charge in [0.2, 0.25) is 0 Å². The lowest BCUT2D eigenvalue weighted by Crippen LogP contribution is -2.46. The van der Waals surface area contributed by atoms with Crippen LogP contribution in [-0.4, -0.2) is 66.2 Å². The van der Waals surface area contributed by atoms with Crippen LogP contribution >= 0.6 is 0 Å². The summed E-state index contributed by atoms with van der Waals surface area (Å²) in [6.07, 6.45) is 0. The molecule has 1 amide bonds. The second-order valence-corrected chi connectivity index (χ2v) is 9.61. The van der Waals surface area contributed by atoms with E-state index >= 15 is 0 Å². The predicted octanol–water partition coefficient (Wildman–Crippen LogP) is 4.26. The number of aliphatic carboxylic acids is 2. The van der Waals surface area contributed by atoms with Gasteiger partial charge in [-0.1, -0.05) is 66.7 Å². The molecule has 0 unspecified atom stereocenters. The summed E-state index contributed by atoms with van der Waals surface area (Å²) in [5, 5.41) is 20.1. The van der Waals surface area contributed by atoms with Crippen LogP contribution in [0.25, 0.3) is 10.8 Å². The first-order valence-electron chi connectivity index (χ1n) is 13.3. The van der Waals surface area contributed by atoms with Crippen molar-refractivity contribution < 1.29 is 29.3 Å². The molecule has 9 nitrogen and oxygen atoms in total. The van der Waals surface area contributed by atoms with Crippen LogP contribution in [-0.2, 0) is 22.7 Å². The molecule has 1 aliphatic rings. The lowest BCUT2D eigenvalue weighted by atomic mass is 10.1. The second-order valence-electron chi connectivity index (χ2n) is 9.61. The molecule has 3 N–H and O–H groups in total. The third-order valence-corrected chi connectivity index (χ3v) is 6.84. The fourth-order valence-corrected chi connectivity index (χ4v) is 4.75. The Morgan fingerprint density at radius 2 is 1.41 bits per heavy atom. The van der Waals surface area contributed by atoms with Crippen molar-refractivity contribution in [2.45, 2.75) is 13.1 Å². The molecule has 0 radical (unpaired) electrons. The summed E-state index contributed by atoms with van der Waals surface area (Å²) in [6, 6.07) is 30.7. The Hall–Kier alpha value is -4.89. The number of carboxylic acid groups (broad SMARTS) is 2. The van der Waals surface area contributed by atoms with Crippen LogP contribution in [0.4, 0.5) is 5.69 Å². The molecule has 41 heavy (non-hydrogen) atoms. The topological polar surface area (TPSA) is 119 Å². The van der Waals surface area contributed by atoms with E-state index in [0.717, 1.165) is 54.8 Å². The molecule has 5 rings (SSSR count). The van der Waals surface area contributed by atoms with Crippen LogP contribution in [0.3, 0.4) is 0 Å². The van der Waals surface area contributed by atoms with Crippen molar-refractivity contribution >= 4 is 34.3 Å². The maximum Gasteiger partial charge on any atom is 0.414 e. The molecule has 4 aromatic rings. The molecule has 0 atom stereocenters. The largest absolute Gasteiger partial charge is 0.495 e. The highest BCUT2D eigenvalue weighted by Gasteiger charge is 2.19. The van der Waals surface area contributed by atoms with Gasteiger partial charge in [-0.2, -0.15) is 0 Å². The molecule has 1 aliphatic heterocycles. The smallest absolute Gasteiger partial charge is 0.414 e. The molecule has 0 aromatic heterocycles. The maximum atomic E-state index is 12.7. The van der Waals surface area contributed by atoms with Crippen LogP contribution < -0.4 is 15.0 Å². The average Bonchev–Trinajstić information content (AvgIpc) is 3.00. The monoisotopic (exact) mass is 555 g/mol. The zero-order valence-electron chi connectivity index (χ0n) is 22.8. The SMILES string of the molecule is COc1ccccc1N1CCN(Cc2cccc(CNC(=O)c3ccc4ccccc4c3)c2)CC1.O=C(O)C(=O)O. The van der Waals surface area contributed by atoms with E-state index in [9.17, 15) is 4.79 Å². The summed E-state index contributed by atoms with van der Waals surface area (Å²) in [5.41, 5.74) is 4.24. The van der Waals surface area contributed by atoms with E-state index in [4.69, 9.17) is 24.5 Å². The number of methoxy groups -OCH3 is 1. The van der Waals surface area contributed by atoms with Gasteiger partial charge in [-0.25, -0.2) is 9.59 Å². The summed E-state index contributed by atoms with van der Waals surface area (Å²) in [4.78, 5) is 35.8. The maximum absolute atomic E-state index is 12.7. The van der Waals surface area contributed by atoms with E-state index in [1.165, 1.54) is 11.3 Å². The van der Waals surface area contributed by atoms with Gasteiger partial charge in [0.25, 0.3) is 5.91 Å². The molecule has 9 heteroatoms. The summed E-state index contributed by atoms with van der Waals surface area (Å²) < 4.78 is 5.54. The number of para-hydroxylation sites is 2. The highest BCUT2D eigenvalue weighted by atomic mass is 16.5. The molecule has 1 heterocycles. The number of hydrogen-bond donors (Lipinski definition) is 3. The minimum atomic E-state index is -1.82. The number of ether oxygens (including phenoxy) is 1. The van der Waals surface area contributed by atoms with Gasteiger partial charge in [0.1, 0.15) is 5.75 Å². The Morgan fingerprint density at radius 3 is 2.12 bits per heavy atom. The Bertz CT molecular complexity index is 1500. The zero-order chi connectivity index (χ0) is 29.2. The Kier molecular flexibility index (Phi) is 9.90. The fraction of sp³-hybridized carbons (Fsp3) is 0.219.